The van der Waals surface area contributed by atoms with Crippen molar-refractivity contribution in [1.29, 1.82) is 0 Å². The predicted octanol–water partition coefficient (Wildman–Crippen LogP) is 3.33. The van der Waals surface area contributed by atoms with E-state index in [4.69, 9.17) is 4.42 Å². The summed E-state index contributed by atoms with van der Waals surface area (Å²) in [6.07, 6.45) is 9.29. The van der Waals surface area contributed by atoms with Crippen molar-refractivity contribution in [3.8, 4) is 0 Å². The highest BCUT2D eigenvalue weighted by molar-refractivity contribution is 5.19. The van der Waals surface area contributed by atoms with Gasteiger partial charge in [-0.05, 0) is 18.6 Å². The van der Waals surface area contributed by atoms with Crippen LogP contribution in [0.3, 0.4) is 0 Å². The average Bonchev–Trinajstić information content (AvgIpc) is 3.07. The molecular formula is C16H26N2O2. The van der Waals surface area contributed by atoms with Gasteiger partial charge in [-0.2, -0.15) is 0 Å². The number of hydrogen-bond acceptors (Lipinski definition) is 4. The Morgan fingerprint density at radius 1 is 1.30 bits per heavy atom. The lowest BCUT2D eigenvalue weighted by atomic mass is 10.1. The Morgan fingerprint density at radius 2 is 2.10 bits per heavy atom. The van der Waals surface area contributed by atoms with Gasteiger partial charge in [0.25, 0.3) is 0 Å². The lowest BCUT2D eigenvalue weighted by Crippen LogP contribution is -2.28. The molecule has 0 amide bonds. The maximum absolute atomic E-state index is 10.4. The van der Waals surface area contributed by atoms with Crippen LogP contribution in [0.15, 0.2) is 34.7 Å². The molecule has 0 saturated heterocycles. The first-order chi connectivity index (χ1) is 9.72. The smallest absolute Gasteiger partial charge is 0.153 e. The van der Waals surface area contributed by atoms with Crippen LogP contribution in [0.4, 0.5) is 0 Å². The van der Waals surface area contributed by atoms with Crippen molar-refractivity contribution in [3.05, 3.63) is 36.1 Å². The minimum absolute atomic E-state index is 0.613. The van der Waals surface area contributed by atoms with Gasteiger partial charge >= 0.3 is 0 Å². The fraction of sp³-hybridized carbons (Fsp3) is 0.625. The van der Waals surface area contributed by atoms with E-state index in [-0.39, 0.29) is 0 Å². The van der Waals surface area contributed by atoms with E-state index in [1.807, 2.05) is 25.4 Å². The van der Waals surface area contributed by atoms with Crippen LogP contribution < -0.4 is 0 Å². The fourth-order valence-corrected chi connectivity index (χ4v) is 2.64. The van der Waals surface area contributed by atoms with Gasteiger partial charge in [-0.3, -0.25) is 0 Å². The predicted molar refractivity (Wildman–Crippen MR) is 79.8 cm³/mol. The van der Waals surface area contributed by atoms with Crippen molar-refractivity contribution < 1.29 is 9.52 Å². The van der Waals surface area contributed by atoms with E-state index < -0.39 is 6.10 Å². The molecule has 4 heteroatoms. The van der Waals surface area contributed by atoms with E-state index in [0.29, 0.717) is 5.76 Å². The van der Waals surface area contributed by atoms with Crippen LogP contribution in [0.25, 0.3) is 0 Å². The third-order valence-corrected chi connectivity index (χ3v) is 3.74. The van der Waals surface area contributed by atoms with Crippen LogP contribution in [0.1, 0.15) is 50.9 Å². The Morgan fingerprint density at radius 3 is 2.80 bits per heavy atom. The number of rotatable bonds is 8. The van der Waals surface area contributed by atoms with Crippen molar-refractivity contribution in [1.82, 2.24) is 9.80 Å². The Hall–Kier alpha value is -1.42. The summed E-state index contributed by atoms with van der Waals surface area (Å²) in [6.45, 7) is 4.08. The molecule has 0 spiro atoms. The second kappa shape index (κ2) is 7.39. The topological polar surface area (TPSA) is 39.9 Å². The maximum Gasteiger partial charge on any atom is 0.153 e. The molecule has 0 radical (unpaired) electrons. The van der Waals surface area contributed by atoms with Gasteiger partial charge in [-0.25, -0.2) is 0 Å². The summed E-state index contributed by atoms with van der Waals surface area (Å²) < 4.78 is 5.31. The minimum Gasteiger partial charge on any atom is -0.466 e. The summed E-state index contributed by atoms with van der Waals surface area (Å²) >= 11 is 0. The zero-order valence-electron chi connectivity index (χ0n) is 12.6. The van der Waals surface area contributed by atoms with Gasteiger partial charge < -0.3 is 19.3 Å². The number of hydrogen-bond donors (Lipinski definition) is 1. The molecule has 4 nitrogen and oxygen atoms in total. The number of aliphatic hydroxyl groups is 1. The van der Waals surface area contributed by atoms with Gasteiger partial charge in [0.2, 0.25) is 0 Å². The Kier molecular flexibility index (Phi) is 5.53. The molecule has 112 valence electrons. The van der Waals surface area contributed by atoms with Gasteiger partial charge in [-0.15, -0.1) is 0 Å². The van der Waals surface area contributed by atoms with Crippen molar-refractivity contribution in [3.63, 3.8) is 0 Å². The first-order valence-corrected chi connectivity index (χ1v) is 7.60. The Labute approximate surface area is 121 Å². The molecule has 0 aromatic carbocycles. The normalized spacial score (nSPS) is 16.6. The summed E-state index contributed by atoms with van der Waals surface area (Å²) in [5.74, 6) is 0.613. The Balaban J connectivity index is 1.87. The van der Waals surface area contributed by atoms with Crippen molar-refractivity contribution in [2.24, 2.45) is 0 Å². The molecule has 1 atom stereocenters. The molecule has 0 fully saturated rings. The molecule has 20 heavy (non-hydrogen) atoms. The zero-order chi connectivity index (χ0) is 14.4. The molecule has 2 rings (SSSR count). The fourth-order valence-electron chi connectivity index (χ4n) is 2.64. The van der Waals surface area contributed by atoms with Crippen LogP contribution in [0, 0.1) is 0 Å². The highest BCUT2D eigenvalue weighted by atomic mass is 16.4. The van der Waals surface area contributed by atoms with E-state index in [2.05, 4.69) is 16.7 Å². The van der Waals surface area contributed by atoms with E-state index in [1.165, 1.54) is 32.1 Å². The van der Waals surface area contributed by atoms with Crippen LogP contribution >= 0.6 is 0 Å². The van der Waals surface area contributed by atoms with Gasteiger partial charge in [0.15, 0.2) is 6.10 Å². The summed E-state index contributed by atoms with van der Waals surface area (Å²) in [7, 11) is 2.03. The minimum atomic E-state index is -0.661. The second-order valence-electron chi connectivity index (χ2n) is 5.55. The van der Waals surface area contributed by atoms with E-state index in [0.717, 1.165) is 18.9 Å². The van der Waals surface area contributed by atoms with Crippen LogP contribution in [-0.2, 0) is 0 Å². The molecule has 0 aliphatic carbocycles. The van der Waals surface area contributed by atoms with Crippen molar-refractivity contribution in [2.45, 2.75) is 45.1 Å². The quantitative estimate of drug-likeness (QED) is 0.740. The summed E-state index contributed by atoms with van der Waals surface area (Å²) in [5, 5.41) is 10.4. The lowest BCUT2D eigenvalue weighted by molar-refractivity contribution is 0.142. The Bertz CT molecular complexity index is 414. The van der Waals surface area contributed by atoms with Gasteiger partial charge in [0.1, 0.15) is 5.76 Å². The largest absolute Gasteiger partial charge is 0.466 e. The van der Waals surface area contributed by atoms with Gasteiger partial charge in [0, 0.05) is 19.8 Å². The molecule has 1 aromatic heterocycles. The molecule has 1 N–H and O–H groups in total. The maximum atomic E-state index is 10.4. The number of aliphatic hydroxyl groups excluding tert-OH is 1. The number of unbranched alkanes of at least 4 members (excludes halogenated alkanes) is 4. The highest BCUT2D eigenvalue weighted by Gasteiger charge is 2.26. The van der Waals surface area contributed by atoms with Gasteiger partial charge in [-0.1, -0.05) is 32.6 Å². The molecule has 1 aliphatic heterocycles. The first-order valence-electron chi connectivity index (χ1n) is 7.60. The van der Waals surface area contributed by atoms with Crippen molar-refractivity contribution in [2.75, 3.05) is 20.3 Å². The monoisotopic (exact) mass is 278 g/mol. The number of furan rings is 1. The summed E-state index contributed by atoms with van der Waals surface area (Å²) in [4.78, 5) is 4.35. The molecule has 1 aromatic rings. The average molecular weight is 278 g/mol. The molecule has 0 saturated carbocycles. The number of nitrogens with zero attached hydrogens (tertiary/aromatic N) is 2. The summed E-state index contributed by atoms with van der Waals surface area (Å²) in [6, 6.07) is 3.64. The van der Waals surface area contributed by atoms with Crippen LogP contribution in [0.5, 0.6) is 0 Å². The van der Waals surface area contributed by atoms with E-state index in [1.54, 1.807) is 6.26 Å². The first kappa shape index (κ1) is 15.0. The van der Waals surface area contributed by atoms with Crippen LogP contribution in [-0.4, -0.2) is 35.2 Å². The third kappa shape index (κ3) is 3.79. The van der Waals surface area contributed by atoms with E-state index in [9.17, 15) is 5.11 Å². The van der Waals surface area contributed by atoms with Crippen LogP contribution in [0.2, 0.25) is 0 Å². The molecule has 2 heterocycles. The highest BCUT2D eigenvalue weighted by Crippen LogP contribution is 2.29. The second-order valence-corrected chi connectivity index (χ2v) is 5.55. The van der Waals surface area contributed by atoms with E-state index >= 15 is 0 Å². The summed E-state index contributed by atoms with van der Waals surface area (Å²) in [5.41, 5.74) is 0.943. The molecule has 0 bridgehead atoms. The lowest BCUT2D eigenvalue weighted by Gasteiger charge is -2.24. The molecular weight excluding hydrogens is 252 g/mol. The zero-order valence-corrected chi connectivity index (χ0v) is 12.6. The molecule has 1 unspecified atom stereocenters. The third-order valence-electron chi connectivity index (χ3n) is 3.74. The van der Waals surface area contributed by atoms with Crippen molar-refractivity contribution >= 4 is 0 Å². The molecule has 1 aliphatic rings. The van der Waals surface area contributed by atoms with Gasteiger partial charge in [0.05, 0.1) is 18.6 Å². The standard InChI is InChI=1S/C16H26N2O2/c1-3-4-5-6-7-10-18-13-17(2)12-14(18)16(19)15-9-8-11-20-15/h8-9,11-12,16,19H,3-7,10,13H2,1-2H3. The SMILES string of the molecule is CCCCCCCN1CN(C)C=C1C(O)c1ccco1.